The zero-order valence-corrected chi connectivity index (χ0v) is 9.65. The van der Waals surface area contributed by atoms with Crippen molar-refractivity contribution < 1.29 is 0 Å². The SMILES string of the molecule is CNc1cc(C)nc(-c2ccc(C)nc2)n1. The van der Waals surface area contributed by atoms with Gasteiger partial charge in [-0.1, -0.05) is 0 Å². The number of nitrogens with zero attached hydrogens (tertiary/aromatic N) is 3. The Bertz CT molecular complexity index is 491. The van der Waals surface area contributed by atoms with Gasteiger partial charge in [0.15, 0.2) is 5.82 Å². The van der Waals surface area contributed by atoms with E-state index in [1.165, 1.54) is 0 Å². The summed E-state index contributed by atoms with van der Waals surface area (Å²) in [4.78, 5) is 13.0. The van der Waals surface area contributed by atoms with Gasteiger partial charge in [0.1, 0.15) is 5.82 Å². The molecule has 2 aromatic heterocycles. The maximum absolute atomic E-state index is 4.39. The van der Waals surface area contributed by atoms with E-state index in [0.717, 1.165) is 22.8 Å². The lowest BCUT2D eigenvalue weighted by Gasteiger charge is -2.05. The van der Waals surface area contributed by atoms with Crippen molar-refractivity contribution in [2.45, 2.75) is 13.8 Å². The Hall–Kier alpha value is -1.97. The van der Waals surface area contributed by atoms with Crippen LogP contribution in [0.1, 0.15) is 11.4 Å². The van der Waals surface area contributed by atoms with E-state index in [2.05, 4.69) is 20.3 Å². The standard InChI is InChI=1S/C12H14N4/c1-8-4-5-10(7-14-8)12-15-9(2)6-11(13-3)16-12/h4-7H,1-3H3,(H,13,15,16). The second-order valence-corrected chi connectivity index (χ2v) is 3.66. The molecular formula is C12H14N4. The highest BCUT2D eigenvalue weighted by Gasteiger charge is 2.04. The molecule has 0 bridgehead atoms. The largest absolute Gasteiger partial charge is 0.373 e. The van der Waals surface area contributed by atoms with Gasteiger partial charge in [0.25, 0.3) is 0 Å². The second-order valence-electron chi connectivity index (χ2n) is 3.66. The molecule has 2 heterocycles. The Morgan fingerprint density at radius 3 is 2.50 bits per heavy atom. The fourth-order valence-electron chi connectivity index (χ4n) is 1.43. The van der Waals surface area contributed by atoms with Crippen molar-refractivity contribution in [1.82, 2.24) is 15.0 Å². The molecule has 0 spiro atoms. The van der Waals surface area contributed by atoms with Crippen LogP contribution in [0.5, 0.6) is 0 Å². The molecule has 0 aromatic carbocycles. The highest BCUT2D eigenvalue weighted by molar-refractivity contribution is 5.56. The van der Waals surface area contributed by atoms with Crippen LogP contribution in [0.15, 0.2) is 24.4 Å². The zero-order valence-electron chi connectivity index (χ0n) is 9.65. The molecule has 2 aromatic rings. The molecule has 0 fully saturated rings. The monoisotopic (exact) mass is 214 g/mol. The summed E-state index contributed by atoms with van der Waals surface area (Å²) in [5.41, 5.74) is 2.87. The van der Waals surface area contributed by atoms with Gasteiger partial charge in [-0.05, 0) is 26.0 Å². The molecule has 0 amide bonds. The van der Waals surface area contributed by atoms with E-state index in [9.17, 15) is 0 Å². The third-order valence-electron chi connectivity index (χ3n) is 2.28. The number of rotatable bonds is 2. The van der Waals surface area contributed by atoms with Crippen LogP contribution in [0.4, 0.5) is 5.82 Å². The van der Waals surface area contributed by atoms with E-state index in [-0.39, 0.29) is 0 Å². The van der Waals surface area contributed by atoms with Gasteiger partial charge in [0.05, 0.1) is 0 Å². The van der Waals surface area contributed by atoms with Crippen LogP contribution in [-0.4, -0.2) is 22.0 Å². The van der Waals surface area contributed by atoms with Gasteiger partial charge in [0.2, 0.25) is 0 Å². The first-order valence-corrected chi connectivity index (χ1v) is 5.15. The molecule has 0 radical (unpaired) electrons. The quantitative estimate of drug-likeness (QED) is 0.832. The Balaban J connectivity index is 2.47. The minimum atomic E-state index is 0.705. The number of pyridine rings is 1. The van der Waals surface area contributed by atoms with Crippen molar-refractivity contribution in [3.8, 4) is 11.4 Å². The van der Waals surface area contributed by atoms with Crippen molar-refractivity contribution in [1.29, 1.82) is 0 Å². The van der Waals surface area contributed by atoms with Gasteiger partial charge in [-0.15, -0.1) is 0 Å². The topological polar surface area (TPSA) is 50.7 Å². The lowest BCUT2D eigenvalue weighted by Crippen LogP contribution is -1.98. The normalized spacial score (nSPS) is 10.2. The number of nitrogens with one attached hydrogen (secondary N) is 1. The zero-order chi connectivity index (χ0) is 11.5. The first-order valence-electron chi connectivity index (χ1n) is 5.15. The van der Waals surface area contributed by atoms with E-state index < -0.39 is 0 Å². The molecule has 82 valence electrons. The molecule has 0 aliphatic carbocycles. The maximum atomic E-state index is 4.39. The molecule has 0 saturated carbocycles. The summed E-state index contributed by atoms with van der Waals surface area (Å²) in [6.07, 6.45) is 1.80. The maximum Gasteiger partial charge on any atom is 0.163 e. The molecule has 0 saturated heterocycles. The van der Waals surface area contributed by atoms with E-state index in [1.807, 2.05) is 39.1 Å². The van der Waals surface area contributed by atoms with Crippen LogP contribution >= 0.6 is 0 Å². The summed E-state index contributed by atoms with van der Waals surface area (Å²) in [6, 6.07) is 5.85. The van der Waals surface area contributed by atoms with Crippen LogP contribution in [0.3, 0.4) is 0 Å². The predicted molar refractivity (Wildman–Crippen MR) is 64.3 cm³/mol. The van der Waals surface area contributed by atoms with Crippen LogP contribution in [-0.2, 0) is 0 Å². The molecule has 0 unspecified atom stereocenters. The highest BCUT2D eigenvalue weighted by Crippen LogP contribution is 2.16. The number of hydrogen-bond donors (Lipinski definition) is 1. The summed E-state index contributed by atoms with van der Waals surface area (Å²) in [5, 5.41) is 3.02. The van der Waals surface area contributed by atoms with Gasteiger partial charge >= 0.3 is 0 Å². The van der Waals surface area contributed by atoms with Gasteiger partial charge in [-0.3, -0.25) is 4.98 Å². The van der Waals surface area contributed by atoms with E-state index >= 15 is 0 Å². The Labute approximate surface area is 94.8 Å². The molecule has 4 heteroatoms. The van der Waals surface area contributed by atoms with Crippen molar-refractivity contribution in [2.75, 3.05) is 12.4 Å². The van der Waals surface area contributed by atoms with Gasteiger partial charge in [-0.2, -0.15) is 0 Å². The van der Waals surface area contributed by atoms with Crippen LogP contribution in [0.2, 0.25) is 0 Å². The van der Waals surface area contributed by atoms with E-state index in [0.29, 0.717) is 5.82 Å². The highest BCUT2D eigenvalue weighted by atomic mass is 15.0. The first kappa shape index (κ1) is 10.5. The first-order chi connectivity index (χ1) is 7.69. The van der Waals surface area contributed by atoms with Crippen LogP contribution in [0, 0.1) is 13.8 Å². The lowest BCUT2D eigenvalue weighted by molar-refractivity contribution is 1.10. The minimum absolute atomic E-state index is 0.705. The molecule has 2 rings (SSSR count). The van der Waals surface area contributed by atoms with Gasteiger partial charge in [0, 0.05) is 36.3 Å². The predicted octanol–water partition coefficient (Wildman–Crippen LogP) is 2.20. The fraction of sp³-hybridized carbons (Fsp3) is 0.250. The van der Waals surface area contributed by atoms with E-state index in [1.54, 1.807) is 6.20 Å². The van der Waals surface area contributed by atoms with Crippen molar-refractivity contribution in [3.63, 3.8) is 0 Å². The third kappa shape index (κ3) is 2.16. The van der Waals surface area contributed by atoms with Crippen molar-refractivity contribution in [3.05, 3.63) is 35.8 Å². The average Bonchev–Trinajstić information content (AvgIpc) is 2.29. The molecule has 0 aliphatic rings. The molecule has 1 N–H and O–H groups in total. The smallest absolute Gasteiger partial charge is 0.163 e. The Morgan fingerprint density at radius 1 is 1.06 bits per heavy atom. The summed E-state index contributed by atoms with van der Waals surface area (Å²) >= 11 is 0. The average molecular weight is 214 g/mol. The van der Waals surface area contributed by atoms with Crippen molar-refractivity contribution in [2.24, 2.45) is 0 Å². The van der Waals surface area contributed by atoms with Crippen LogP contribution < -0.4 is 5.32 Å². The summed E-state index contributed by atoms with van der Waals surface area (Å²) in [5.74, 6) is 1.53. The van der Waals surface area contributed by atoms with Gasteiger partial charge in [-0.25, -0.2) is 9.97 Å². The number of aromatic nitrogens is 3. The summed E-state index contributed by atoms with van der Waals surface area (Å²) in [6.45, 7) is 3.91. The lowest BCUT2D eigenvalue weighted by atomic mass is 10.2. The molecule has 16 heavy (non-hydrogen) atoms. The molecule has 4 nitrogen and oxygen atoms in total. The Morgan fingerprint density at radius 2 is 1.88 bits per heavy atom. The molecule has 0 atom stereocenters. The number of hydrogen-bond acceptors (Lipinski definition) is 4. The van der Waals surface area contributed by atoms with Crippen molar-refractivity contribution >= 4 is 5.82 Å². The molecule has 0 aliphatic heterocycles. The summed E-state index contributed by atoms with van der Waals surface area (Å²) < 4.78 is 0. The third-order valence-corrected chi connectivity index (χ3v) is 2.28. The van der Waals surface area contributed by atoms with Crippen LogP contribution in [0.25, 0.3) is 11.4 Å². The fourth-order valence-corrected chi connectivity index (χ4v) is 1.43. The van der Waals surface area contributed by atoms with Gasteiger partial charge < -0.3 is 5.32 Å². The Kier molecular flexibility index (Phi) is 2.81. The second kappa shape index (κ2) is 4.26. The summed E-state index contributed by atoms with van der Waals surface area (Å²) in [7, 11) is 1.85. The minimum Gasteiger partial charge on any atom is -0.373 e. The molecular weight excluding hydrogens is 200 g/mol. The number of aryl methyl sites for hydroxylation is 2. The number of anilines is 1. The van der Waals surface area contributed by atoms with E-state index in [4.69, 9.17) is 0 Å².